The van der Waals surface area contributed by atoms with Crippen molar-refractivity contribution in [2.75, 3.05) is 5.73 Å². The highest BCUT2D eigenvalue weighted by Gasteiger charge is 2.76. The first-order valence-electron chi connectivity index (χ1n) is 6.68. The lowest BCUT2D eigenvalue weighted by molar-refractivity contribution is -0.129. The number of aliphatic hydroxyl groups is 2. The lowest BCUT2D eigenvalue weighted by Crippen LogP contribution is -2.43. The minimum Gasteiger partial charge on any atom is -0.390 e. The van der Waals surface area contributed by atoms with Gasteiger partial charge in [-0.25, -0.2) is 4.79 Å². The Labute approximate surface area is 121 Å². The molecule has 0 amide bonds. The molecule has 1 aromatic rings. The molecule has 0 radical (unpaired) electrons. The topological polar surface area (TPSA) is 111 Å². The number of anilines is 1. The van der Waals surface area contributed by atoms with Crippen LogP contribution in [0, 0.1) is 25.2 Å². The fourth-order valence-electron chi connectivity index (χ4n) is 3.29. The van der Waals surface area contributed by atoms with Gasteiger partial charge in [-0.15, -0.1) is 6.42 Å². The van der Waals surface area contributed by atoms with Crippen molar-refractivity contribution in [1.29, 1.82) is 0 Å². The van der Waals surface area contributed by atoms with Gasteiger partial charge in [-0.1, -0.05) is 5.92 Å². The standard InChI is InChI=1S/C14H17N3O4/c1-4-13(20)9-6-14(9,8(3)18)21-11(13)17-7(2)5-10(15)16-12(17)19/h1,5,8-9,11,18,20H,6H2,2-3H3,(H2,15,16,19)/t8-,9?,11+,13?,14?/m0/s1. The minimum absolute atomic E-state index is 0.0893. The number of terminal acetylenes is 1. The quantitative estimate of drug-likeness (QED) is 0.613. The maximum atomic E-state index is 12.1. The zero-order valence-corrected chi connectivity index (χ0v) is 11.8. The summed E-state index contributed by atoms with van der Waals surface area (Å²) in [5.74, 6) is 2.01. The Morgan fingerprint density at radius 3 is 2.90 bits per heavy atom. The molecule has 21 heavy (non-hydrogen) atoms. The third-order valence-electron chi connectivity index (χ3n) is 4.53. The molecule has 1 saturated heterocycles. The molecule has 0 bridgehead atoms. The number of hydrogen-bond donors (Lipinski definition) is 3. The van der Waals surface area contributed by atoms with E-state index in [0.717, 1.165) is 0 Å². The average molecular weight is 291 g/mol. The van der Waals surface area contributed by atoms with Crippen LogP contribution in [-0.4, -0.2) is 37.1 Å². The Bertz CT molecular complexity index is 707. The Kier molecular flexibility index (Phi) is 2.73. The van der Waals surface area contributed by atoms with Gasteiger partial charge in [-0.05, 0) is 26.3 Å². The molecule has 0 spiro atoms. The largest absolute Gasteiger partial charge is 0.390 e. The van der Waals surface area contributed by atoms with E-state index in [1.165, 1.54) is 10.6 Å². The van der Waals surface area contributed by atoms with E-state index in [1.54, 1.807) is 13.8 Å². The van der Waals surface area contributed by atoms with Crippen LogP contribution >= 0.6 is 0 Å². The molecule has 3 unspecified atom stereocenters. The predicted molar refractivity (Wildman–Crippen MR) is 74.1 cm³/mol. The number of rotatable bonds is 2. The first-order valence-corrected chi connectivity index (χ1v) is 6.68. The van der Waals surface area contributed by atoms with Gasteiger partial charge in [0.25, 0.3) is 0 Å². The molecular formula is C14H17N3O4. The van der Waals surface area contributed by atoms with Crippen LogP contribution in [0.1, 0.15) is 25.3 Å². The van der Waals surface area contributed by atoms with Crippen LogP contribution in [-0.2, 0) is 4.74 Å². The summed E-state index contributed by atoms with van der Waals surface area (Å²) < 4.78 is 7.01. The number of ether oxygens (including phenoxy) is 1. The number of hydrogen-bond acceptors (Lipinski definition) is 6. The average Bonchev–Trinajstić information content (AvgIpc) is 3.07. The third-order valence-corrected chi connectivity index (χ3v) is 4.53. The maximum absolute atomic E-state index is 12.1. The molecule has 1 aliphatic heterocycles. The molecule has 1 aliphatic carbocycles. The van der Waals surface area contributed by atoms with Gasteiger partial charge in [-0.3, -0.25) is 4.57 Å². The van der Waals surface area contributed by atoms with Crippen molar-refractivity contribution in [3.63, 3.8) is 0 Å². The van der Waals surface area contributed by atoms with Crippen molar-refractivity contribution in [1.82, 2.24) is 9.55 Å². The number of nitrogens with zero attached hydrogens (tertiary/aromatic N) is 2. The number of nitrogen functional groups attached to an aromatic ring is 1. The summed E-state index contributed by atoms with van der Waals surface area (Å²) in [6, 6.07) is 1.50. The fourth-order valence-corrected chi connectivity index (χ4v) is 3.29. The van der Waals surface area contributed by atoms with Crippen LogP contribution in [0.4, 0.5) is 5.82 Å². The predicted octanol–water partition coefficient (Wildman–Crippen LogP) is -0.833. The van der Waals surface area contributed by atoms with Gasteiger partial charge in [0.2, 0.25) is 0 Å². The van der Waals surface area contributed by atoms with Gasteiger partial charge in [0.1, 0.15) is 11.4 Å². The van der Waals surface area contributed by atoms with E-state index in [1.807, 2.05) is 0 Å². The highest BCUT2D eigenvalue weighted by Crippen LogP contribution is 2.65. The lowest BCUT2D eigenvalue weighted by atomic mass is 9.95. The summed E-state index contributed by atoms with van der Waals surface area (Å²) in [5.41, 5.74) is 2.80. The number of aliphatic hydroxyl groups excluding tert-OH is 1. The van der Waals surface area contributed by atoms with Crippen LogP contribution < -0.4 is 11.4 Å². The van der Waals surface area contributed by atoms with E-state index in [2.05, 4.69) is 10.9 Å². The molecule has 3 rings (SSSR count). The summed E-state index contributed by atoms with van der Waals surface area (Å²) in [6.07, 6.45) is 4.05. The van der Waals surface area contributed by atoms with Crippen molar-refractivity contribution in [3.05, 3.63) is 22.2 Å². The fraction of sp³-hybridized carbons (Fsp3) is 0.571. The Hall–Kier alpha value is -1.88. The monoisotopic (exact) mass is 291 g/mol. The molecule has 2 fully saturated rings. The number of aromatic nitrogens is 2. The molecule has 2 aliphatic rings. The van der Waals surface area contributed by atoms with Crippen LogP contribution in [0.25, 0.3) is 0 Å². The molecule has 5 atom stereocenters. The third kappa shape index (κ3) is 1.67. The first-order chi connectivity index (χ1) is 9.76. The van der Waals surface area contributed by atoms with Gasteiger partial charge in [0.05, 0.1) is 6.10 Å². The molecular weight excluding hydrogens is 274 g/mol. The summed E-state index contributed by atoms with van der Waals surface area (Å²) >= 11 is 0. The SMILES string of the molecule is C#CC1(O)C2CC2([C@H](C)O)O[C@H]1n1c(C)cc(N)nc1=O. The molecule has 1 saturated carbocycles. The highest BCUT2D eigenvalue weighted by atomic mass is 16.6. The zero-order chi connectivity index (χ0) is 15.6. The van der Waals surface area contributed by atoms with Crippen molar-refractivity contribution in [3.8, 4) is 12.3 Å². The smallest absolute Gasteiger partial charge is 0.351 e. The Morgan fingerprint density at radius 1 is 1.71 bits per heavy atom. The molecule has 0 aromatic carbocycles. The summed E-state index contributed by atoms with van der Waals surface area (Å²) in [7, 11) is 0. The van der Waals surface area contributed by atoms with Crippen molar-refractivity contribution in [2.45, 2.75) is 43.8 Å². The highest BCUT2D eigenvalue weighted by molar-refractivity contribution is 5.33. The maximum Gasteiger partial charge on any atom is 0.351 e. The number of nitrogens with two attached hydrogens (primary N) is 1. The molecule has 112 valence electrons. The van der Waals surface area contributed by atoms with E-state index in [9.17, 15) is 15.0 Å². The second-order valence-electron chi connectivity index (χ2n) is 5.80. The first kappa shape index (κ1) is 14.1. The van der Waals surface area contributed by atoms with E-state index in [4.69, 9.17) is 16.9 Å². The van der Waals surface area contributed by atoms with E-state index in [-0.39, 0.29) is 5.82 Å². The normalized spacial score (nSPS) is 38.6. The van der Waals surface area contributed by atoms with E-state index >= 15 is 0 Å². The summed E-state index contributed by atoms with van der Waals surface area (Å²) in [6.45, 7) is 3.23. The molecule has 1 aromatic heterocycles. The lowest BCUT2D eigenvalue weighted by Gasteiger charge is -2.29. The van der Waals surface area contributed by atoms with Crippen molar-refractivity contribution < 1.29 is 14.9 Å². The van der Waals surface area contributed by atoms with Crippen molar-refractivity contribution >= 4 is 5.82 Å². The van der Waals surface area contributed by atoms with Gasteiger partial charge in [0.15, 0.2) is 11.8 Å². The van der Waals surface area contributed by atoms with Gasteiger partial charge >= 0.3 is 5.69 Å². The van der Waals surface area contributed by atoms with Crippen LogP contribution in [0.2, 0.25) is 0 Å². The molecule has 2 heterocycles. The number of aryl methyl sites for hydroxylation is 1. The van der Waals surface area contributed by atoms with Crippen LogP contribution in [0.15, 0.2) is 10.9 Å². The second kappa shape index (κ2) is 4.07. The number of fused-ring (bicyclic) bond motifs is 1. The molecule has 7 nitrogen and oxygen atoms in total. The molecule has 7 heteroatoms. The van der Waals surface area contributed by atoms with Crippen molar-refractivity contribution in [2.24, 2.45) is 5.92 Å². The van der Waals surface area contributed by atoms with E-state index in [0.29, 0.717) is 12.1 Å². The zero-order valence-electron chi connectivity index (χ0n) is 11.8. The van der Waals surface area contributed by atoms with E-state index < -0.39 is 35.1 Å². The Balaban J connectivity index is 2.12. The molecule has 4 N–H and O–H groups in total. The van der Waals surface area contributed by atoms with Gasteiger partial charge in [0, 0.05) is 11.6 Å². The minimum atomic E-state index is -1.66. The van der Waals surface area contributed by atoms with Gasteiger partial charge in [-0.2, -0.15) is 4.98 Å². The summed E-state index contributed by atoms with van der Waals surface area (Å²) in [4.78, 5) is 15.7. The summed E-state index contributed by atoms with van der Waals surface area (Å²) in [5, 5.41) is 20.7. The van der Waals surface area contributed by atoms with Gasteiger partial charge < -0.3 is 20.7 Å². The van der Waals surface area contributed by atoms with Crippen LogP contribution in [0.5, 0.6) is 0 Å². The Morgan fingerprint density at radius 2 is 2.38 bits per heavy atom. The second-order valence-corrected chi connectivity index (χ2v) is 5.80. The van der Waals surface area contributed by atoms with Crippen LogP contribution in [0.3, 0.4) is 0 Å².